The van der Waals surface area contributed by atoms with Gasteiger partial charge in [-0.2, -0.15) is 0 Å². The molecular weight excluding hydrogens is 216 g/mol. The molecular formula is C14H16O3. The third kappa shape index (κ3) is 2.54. The van der Waals surface area contributed by atoms with Gasteiger partial charge in [0.05, 0.1) is 6.42 Å². The summed E-state index contributed by atoms with van der Waals surface area (Å²) in [7, 11) is 0. The van der Waals surface area contributed by atoms with E-state index in [0.29, 0.717) is 25.7 Å². The second-order valence-electron chi connectivity index (χ2n) is 4.76. The zero-order valence-corrected chi connectivity index (χ0v) is 9.69. The number of rotatable bonds is 3. The largest absolute Gasteiger partial charge is 0.481 e. The predicted molar refractivity (Wildman–Crippen MR) is 63.8 cm³/mol. The summed E-state index contributed by atoms with van der Waals surface area (Å²) in [5, 5.41) is 9.07. The third-order valence-electron chi connectivity index (χ3n) is 3.64. The van der Waals surface area contributed by atoms with Gasteiger partial charge < -0.3 is 5.11 Å². The normalized spacial score (nSPS) is 18.9. The second-order valence-corrected chi connectivity index (χ2v) is 4.76. The predicted octanol–water partition coefficient (Wildman–Crippen LogP) is 2.54. The van der Waals surface area contributed by atoms with Crippen LogP contribution in [0, 0.1) is 0 Å². The van der Waals surface area contributed by atoms with Gasteiger partial charge in [0.1, 0.15) is 5.78 Å². The van der Waals surface area contributed by atoms with Crippen molar-refractivity contribution in [1.29, 1.82) is 0 Å². The first kappa shape index (κ1) is 11.8. The Morgan fingerprint density at radius 2 is 1.76 bits per heavy atom. The van der Waals surface area contributed by atoms with Crippen molar-refractivity contribution < 1.29 is 14.7 Å². The van der Waals surface area contributed by atoms with Gasteiger partial charge in [0.15, 0.2) is 0 Å². The minimum absolute atomic E-state index is 0.115. The van der Waals surface area contributed by atoms with E-state index in [1.165, 1.54) is 0 Å². The summed E-state index contributed by atoms with van der Waals surface area (Å²) in [4.78, 5) is 22.4. The molecule has 0 heterocycles. The molecule has 1 aromatic carbocycles. The highest BCUT2D eigenvalue weighted by Gasteiger charge is 2.38. The maximum atomic E-state index is 11.3. The molecule has 90 valence electrons. The van der Waals surface area contributed by atoms with Gasteiger partial charge >= 0.3 is 5.97 Å². The lowest BCUT2D eigenvalue weighted by atomic mass is 9.67. The van der Waals surface area contributed by atoms with Crippen molar-refractivity contribution in [3.63, 3.8) is 0 Å². The zero-order chi connectivity index (χ0) is 12.3. The Morgan fingerprint density at radius 1 is 1.18 bits per heavy atom. The molecule has 0 unspecified atom stereocenters. The molecule has 0 saturated heterocycles. The van der Waals surface area contributed by atoms with Gasteiger partial charge in [0.25, 0.3) is 0 Å². The monoisotopic (exact) mass is 232 g/mol. The van der Waals surface area contributed by atoms with Crippen LogP contribution in [-0.4, -0.2) is 16.9 Å². The van der Waals surface area contributed by atoms with E-state index >= 15 is 0 Å². The summed E-state index contributed by atoms with van der Waals surface area (Å²) in [6.07, 6.45) is 2.43. The number of aliphatic carboxylic acids is 1. The zero-order valence-electron chi connectivity index (χ0n) is 9.69. The average Bonchev–Trinajstić information content (AvgIpc) is 2.33. The van der Waals surface area contributed by atoms with Crippen molar-refractivity contribution in [1.82, 2.24) is 0 Å². The highest BCUT2D eigenvalue weighted by atomic mass is 16.4. The molecule has 1 aromatic rings. The lowest BCUT2D eigenvalue weighted by Crippen LogP contribution is -2.34. The molecule has 3 heteroatoms. The molecule has 0 radical (unpaired) electrons. The molecule has 0 bridgehead atoms. The van der Waals surface area contributed by atoms with E-state index in [1.54, 1.807) is 0 Å². The van der Waals surface area contributed by atoms with Crippen molar-refractivity contribution in [3.8, 4) is 0 Å². The van der Waals surface area contributed by atoms with E-state index in [-0.39, 0.29) is 17.6 Å². The Labute approximate surface area is 100 Å². The van der Waals surface area contributed by atoms with Crippen molar-refractivity contribution >= 4 is 11.8 Å². The van der Waals surface area contributed by atoms with E-state index in [9.17, 15) is 9.59 Å². The number of carbonyl (C=O) groups is 2. The van der Waals surface area contributed by atoms with Crippen LogP contribution in [0.4, 0.5) is 0 Å². The maximum absolute atomic E-state index is 11.3. The summed E-state index contributed by atoms with van der Waals surface area (Å²) in [6, 6.07) is 9.72. The highest BCUT2D eigenvalue weighted by molar-refractivity contribution is 5.80. The van der Waals surface area contributed by atoms with Crippen LogP contribution in [-0.2, 0) is 15.0 Å². The van der Waals surface area contributed by atoms with Crippen LogP contribution in [0.2, 0.25) is 0 Å². The fourth-order valence-corrected chi connectivity index (χ4v) is 2.66. The molecule has 1 saturated carbocycles. The van der Waals surface area contributed by atoms with Gasteiger partial charge in [-0.3, -0.25) is 9.59 Å². The molecule has 2 rings (SSSR count). The molecule has 0 spiro atoms. The minimum Gasteiger partial charge on any atom is -0.481 e. The lowest BCUT2D eigenvalue weighted by Gasteiger charge is -2.36. The molecule has 0 atom stereocenters. The summed E-state index contributed by atoms with van der Waals surface area (Å²) in [5.74, 6) is -0.537. The maximum Gasteiger partial charge on any atom is 0.304 e. The molecule has 0 amide bonds. The Hall–Kier alpha value is -1.64. The fraction of sp³-hybridized carbons (Fsp3) is 0.429. The van der Waals surface area contributed by atoms with Crippen LogP contribution in [0.25, 0.3) is 0 Å². The number of carbonyl (C=O) groups excluding carboxylic acids is 1. The summed E-state index contributed by atoms with van der Waals surface area (Å²) in [5.41, 5.74) is 0.705. The minimum atomic E-state index is -0.789. The molecule has 0 aromatic heterocycles. The first-order valence-corrected chi connectivity index (χ1v) is 5.91. The van der Waals surface area contributed by atoms with E-state index in [0.717, 1.165) is 5.56 Å². The molecule has 0 aliphatic heterocycles. The number of carboxylic acids is 1. The first-order chi connectivity index (χ1) is 8.12. The molecule has 1 aliphatic rings. The van der Waals surface area contributed by atoms with Gasteiger partial charge in [-0.25, -0.2) is 0 Å². The van der Waals surface area contributed by atoms with Gasteiger partial charge in [0.2, 0.25) is 0 Å². The van der Waals surface area contributed by atoms with E-state index in [2.05, 4.69) is 0 Å². The quantitative estimate of drug-likeness (QED) is 0.871. The Balaban J connectivity index is 2.30. The summed E-state index contributed by atoms with van der Waals surface area (Å²) < 4.78 is 0. The van der Waals surface area contributed by atoms with E-state index in [1.807, 2.05) is 30.3 Å². The Kier molecular flexibility index (Phi) is 3.27. The molecule has 17 heavy (non-hydrogen) atoms. The fourth-order valence-electron chi connectivity index (χ4n) is 2.66. The van der Waals surface area contributed by atoms with Gasteiger partial charge in [-0.1, -0.05) is 30.3 Å². The van der Waals surface area contributed by atoms with Crippen LogP contribution >= 0.6 is 0 Å². The van der Waals surface area contributed by atoms with E-state index in [4.69, 9.17) is 5.11 Å². The summed E-state index contributed by atoms with van der Waals surface area (Å²) >= 11 is 0. The standard InChI is InChI=1S/C14H16O3/c15-12-6-8-14(9-7-12,10-13(16)17)11-4-2-1-3-5-11/h1-5H,6-10H2,(H,16,17). The number of ketones is 1. The number of hydrogen-bond acceptors (Lipinski definition) is 2. The molecule has 1 N–H and O–H groups in total. The Morgan fingerprint density at radius 3 is 2.29 bits per heavy atom. The van der Waals surface area contributed by atoms with Crippen LogP contribution in [0.5, 0.6) is 0 Å². The van der Waals surface area contributed by atoms with Crippen molar-refractivity contribution in [2.24, 2.45) is 0 Å². The number of carboxylic acid groups (broad SMARTS) is 1. The number of hydrogen-bond donors (Lipinski definition) is 1. The average molecular weight is 232 g/mol. The first-order valence-electron chi connectivity index (χ1n) is 5.91. The second kappa shape index (κ2) is 4.70. The van der Waals surface area contributed by atoms with Crippen LogP contribution < -0.4 is 0 Å². The third-order valence-corrected chi connectivity index (χ3v) is 3.64. The SMILES string of the molecule is O=C(O)CC1(c2ccccc2)CCC(=O)CC1. The molecule has 1 aliphatic carbocycles. The van der Waals surface area contributed by atoms with E-state index < -0.39 is 5.97 Å². The molecule has 1 fully saturated rings. The number of Topliss-reactive ketones (excluding diaryl/α,β-unsaturated/α-hetero) is 1. The van der Waals surface area contributed by atoms with Crippen LogP contribution in [0.3, 0.4) is 0 Å². The van der Waals surface area contributed by atoms with Crippen molar-refractivity contribution in [2.45, 2.75) is 37.5 Å². The Bertz CT molecular complexity index is 412. The van der Waals surface area contributed by atoms with Gasteiger partial charge in [-0.05, 0) is 18.4 Å². The smallest absolute Gasteiger partial charge is 0.304 e. The number of benzene rings is 1. The van der Waals surface area contributed by atoms with Gasteiger partial charge in [0, 0.05) is 18.3 Å². The van der Waals surface area contributed by atoms with Crippen LogP contribution in [0.15, 0.2) is 30.3 Å². The summed E-state index contributed by atoms with van der Waals surface area (Å²) in [6.45, 7) is 0. The molecule has 3 nitrogen and oxygen atoms in total. The topological polar surface area (TPSA) is 54.4 Å². The van der Waals surface area contributed by atoms with Crippen molar-refractivity contribution in [2.75, 3.05) is 0 Å². The van der Waals surface area contributed by atoms with Gasteiger partial charge in [-0.15, -0.1) is 0 Å². The lowest BCUT2D eigenvalue weighted by molar-refractivity contribution is -0.139. The van der Waals surface area contributed by atoms with Crippen LogP contribution in [0.1, 0.15) is 37.7 Å². The van der Waals surface area contributed by atoms with Crippen molar-refractivity contribution in [3.05, 3.63) is 35.9 Å². The highest BCUT2D eigenvalue weighted by Crippen LogP contribution is 2.41.